The molecule has 90 valence electrons. The van der Waals surface area contributed by atoms with Crippen LogP contribution in [-0.4, -0.2) is 51.3 Å². The maximum atomic E-state index is 5.13. The lowest BCUT2D eigenvalue weighted by Gasteiger charge is -2.36. The van der Waals surface area contributed by atoms with E-state index < -0.39 is 0 Å². The van der Waals surface area contributed by atoms with Crippen LogP contribution in [0, 0.1) is 5.92 Å². The van der Waals surface area contributed by atoms with Crippen LogP contribution in [0.15, 0.2) is 0 Å². The molecule has 1 N–H and O–H groups in total. The SMILES string of the molecule is CNCC1CCN(C(C)CCOC)CC1. The van der Waals surface area contributed by atoms with Crippen LogP contribution in [0.4, 0.5) is 0 Å². The van der Waals surface area contributed by atoms with Gasteiger partial charge in [-0.25, -0.2) is 0 Å². The van der Waals surface area contributed by atoms with Gasteiger partial charge in [0, 0.05) is 19.8 Å². The maximum absolute atomic E-state index is 5.13. The molecule has 15 heavy (non-hydrogen) atoms. The van der Waals surface area contributed by atoms with Crippen molar-refractivity contribution in [1.29, 1.82) is 0 Å². The first kappa shape index (κ1) is 12.9. The fraction of sp³-hybridized carbons (Fsp3) is 1.00. The Balaban J connectivity index is 2.18. The van der Waals surface area contributed by atoms with Crippen LogP contribution in [0.5, 0.6) is 0 Å². The fourth-order valence-electron chi connectivity index (χ4n) is 2.36. The summed E-state index contributed by atoms with van der Waals surface area (Å²) in [5, 5.41) is 3.28. The average Bonchev–Trinajstić information content (AvgIpc) is 2.27. The lowest BCUT2D eigenvalue weighted by atomic mass is 9.95. The van der Waals surface area contributed by atoms with Gasteiger partial charge in [0.25, 0.3) is 0 Å². The number of methoxy groups -OCH3 is 1. The first-order valence-corrected chi connectivity index (χ1v) is 6.15. The molecule has 1 aliphatic rings. The molecule has 1 fully saturated rings. The van der Waals surface area contributed by atoms with Crippen molar-refractivity contribution in [3.05, 3.63) is 0 Å². The zero-order valence-corrected chi connectivity index (χ0v) is 10.5. The Morgan fingerprint density at radius 1 is 1.40 bits per heavy atom. The Kier molecular flexibility index (Phi) is 6.22. The molecule has 0 aromatic rings. The van der Waals surface area contributed by atoms with E-state index >= 15 is 0 Å². The van der Waals surface area contributed by atoms with E-state index in [2.05, 4.69) is 17.1 Å². The third-order valence-corrected chi connectivity index (χ3v) is 3.51. The maximum Gasteiger partial charge on any atom is 0.0477 e. The summed E-state index contributed by atoms with van der Waals surface area (Å²) in [6.07, 6.45) is 3.85. The van der Waals surface area contributed by atoms with Crippen molar-refractivity contribution in [3.8, 4) is 0 Å². The van der Waals surface area contributed by atoms with E-state index in [1.165, 1.54) is 32.5 Å². The second-order valence-electron chi connectivity index (χ2n) is 4.67. The van der Waals surface area contributed by atoms with E-state index in [-0.39, 0.29) is 0 Å². The van der Waals surface area contributed by atoms with Gasteiger partial charge in [0.1, 0.15) is 0 Å². The van der Waals surface area contributed by atoms with Crippen LogP contribution in [0.3, 0.4) is 0 Å². The van der Waals surface area contributed by atoms with Gasteiger partial charge >= 0.3 is 0 Å². The summed E-state index contributed by atoms with van der Waals surface area (Å²) >= 11 is 0. The molecule has 3 nitrogen and oxygen atoms in total. The number of ether oxygens (including phenoxy) is 1. The van der Waals surface area contributed by atoms with Crippen LogP contribution in [-0.2, 0) is 4.74 Å². The first-order valence-electron chi connectivity index (χ1n) is 6.15. The molecule has 0 aromatic carbocycles. The number of nitrogens with zero attached hydrogens (tertiary/aromatic N) is 1. The van der Waals surface area contributed by atoms with Crippen molar-refractivity contribution >= 4 is 0 Å². The van der Waals surface area contributed by atoms with Crippen molar-refractivity contribution in [1.82, 2.24) is 10.2 Å². The summed E-state index contributed by atoms with van der Waals surface area (Å²) in [4.78, 5) is 2.60. The molecule has 0 aromatic heterocycles. The second-order valence-corrected chi connectivity index (χ2v) is 4.67. The molecule has 0 bridgehead atoms. The van der Waals surface area contributed by atoms with Crippen LogP contribution in [0.2, 0.25) is 0 Å². The molecular weight excluding hydrogens is 188 g/mol. The van der Waals surface area contributed by atoms with Crippen LogP contribution in [0.1, 0.15) is 26.2 Å². The number of hydrogen-bond acceptors (Lipinski definition) is 3. The predicted octanol–water partition coefficient (Wildman–Crippen LogP) is 1.34. The largest absolute Gasteiger partial charge is 0.385 e. The van der Waals surface area contributed by atoms with Crippen LogP contribution in [0.25, 0.3) is 0 Å². The first-order chi connectivity index (χ1) is 7.27. The highest BCUT2D eigenvalue weighted by Gasteiger charge is 2.21. The minimum atomic E-state index is 0.681. The van der Waals surface area contributed by atoms with Crippen LogP contribution >= 0.6 is 0 Å². The summed E-state index contributed by atoms with van der Waals surface area (Å²) in [6.45, 7) is 6.91. The van der Waals surface area contributed by atoms with E-state index in [4.69, 9.17) is 4.74 Å². The van der Waals surface area contributed by atoms with E-state index in [9.17, 15) is 0 Å². The second kappa shape index (κ2) is 7.20. The van der Waals surface area contributed by atoms with Crippen molar-refractivity contribution in [3.63, 3.8) is 0 Å². The van der Waals surface area contributed by atoms with E-state index in [0.29, 0.717) is 6.04 Å². The highest BCUT2D eigenvalue weighted by molar-refractivity contribution is 4.76. The van der Waals surface area contributed by atoms with Gasteiger partial charge in [-0.2, -0.15) is 0 Å². The molecule has 3 heteroatoms. The van der Waals surface area contributed by atoms with Gasteiger partial charge in [-0.3, -0.25) is 0 Å². The van der Waals surface area contributed by atoms with Crippen molar-refractivity contribution in [2.75, 3.05) is 40.4 Å². The topological polar surface area (TPSA) is 24.5 Å². The summed E-state index contributed by atoms with van der Waals surface area (Å²) in [5.74, 6) is 0.890. The summed E-state index contributed by atoms with van der Waals surface area (Å²) in [5.41, 5.74) is 0. The zero-order valence-electron chi connectivity index (χ0n) is 10.5. The molecular formula is C12H26N2O. The van der Waals surface area contributed by atoms with Gasteiger partial charge in [0.05, 0.1) is 0 Å². The fourth-order valence-corrected chi connectivity index (χ4v) is 2.36. The summed E-state index contributed by atoms with van der Waals surface area (Å²) in [6, 6.07) is 0.681. The lowest BCUT2D eigenvalue weighted by molar-refractivity contribution is 0.106. The minimum absolute atomic E-state index is 0.681. The lowest BCUT2D eigenvalue weighted by Crippen LogP contribution is -2.42. The predicted molar refractivity (Wildman–Crippen MR) is 64.2 cm³/mol. The number of hydrogen-bond donors (Lipinski definition) is 1. The van der Waals surface area contributed by atoms with Gasteiger partial charge in [-0.05, 0) is 58.8 Å². The molecule has 1 unspecified atom stereocenters. The van der Waals surface area contributed by atoms with Crippen molar-refractivity contribution in [2.45, 2.75) is 32.2 Å². The molecule has 0 amide bonds. The smallest absolute Gasteiger partial charge is 0.0477 e. The third-order valence-electron chi connectivity index (χ3n) is 3.51. The number of piperidine rings is 1. The molecule has 1 rings (SSSR count). The van der Waals surface area contributed by atoms with Crippen molar-refractivity contribution in [2.24, 2.45) is 5.92 Å². The van der Waals surface area contributed by atoms with Gasteiger partial charge in [0.2, 0.25) is 0 Å². The standard InChI is InChI=1S/C12H26N2O/c1-11(6-9-15-3)14-7-4-12(5-8-14)10-13-2/h11-13H,4-10H2,1-3H3. The Hall–Kier alpha value is -0.120. The van der Waals surface area contributed by atoms with E-state index in [0.717, 1.165) is 18.9 Å². The number of likely N-dealkylation sites (tertiary alicyclic amines) is 1. The Morgan fingerprint density at radius 2 is 2.07 bits per heavy atom. The highest BCUT2D eigenvalue weighted by Crippen LogP contribution is 2.19. The van der Waals surface area contributed by atoms with E-state index in [1.807, 2.05) is 7.05 Å². The van der Waals surface area contributed by atoms with Gasteiger partial charge < -0.3 is 15.0 Å². The van der Waals surface area contributed by atoms with Gasteiger partial charge in [0.15, 0.2) is 0 Å². The zero-order chi connectivity index (χ0) is 11.1. The molecule has 0 spiro atoms. The summed E-state index contributed by atoms with van der Waals surface area (Å²) in [7, 11) is 3.83. The molecule has 1 atom stereocenters. The number of nitrogens with one attached hydrogen (secondary N) is 1. The highest BCUT2D eigenvalue weighted by atomic mass is 16.5. The molecule has 0 radical (unpaired) electrons. The quantitative estimate of drug-likeness (QED) is 0.722. The normalized spacial score (nSPS) is 21.8. The molecule has 0 aliphatic carbocycles. The molecule has 0 saturated carbocycles. The summed E-state index contributed by atoms with van der Waals surface area (Å²) < 4.78 is 5.13. The molecule has 1 saturated heterocycles. The number of rotatable bonds is 6. The van der Waals surface area contributed by atoms with Crippen LogP contribution < -0.4 is 5.32 Å². The Bertz CT molecular complexity index is 156. The molecule has 1 aliphatic heterocycles. The van der Waals surface area contributed by atoms with Crippen molar-refractivity contribution < 1.29 is 4.74 Å². The Morgan fingerprint density at radius 3 is 2.60 bits per heavy atom. The minimum Gasteiger partial charge on any atom is -0.385 e. The Labute approximate surface area is 94.2 Å². The van der Waals surface area contributed by atoms with Gasteiger partial charge in [-0.15, -0.1) is 0 Å². The monoisotopic (exact) mass is 214 g/mol. The molecule has 1 heterocycles. The average molecular weight is 214 g/mol. The van der Waals surface area contributed by atoms with Gasteiger partial charge in [-0.1, -0.05) is 0 Å². The van der Waals surface area contributed by atoms with E-state index in [1.54, 1.807) is 7.11 Å². The third kappa shape index (κ3) is 4.49.